The molecule has 0 radical (unpaired) electrons. The van der Waals surface area contributed by atoms with Crippen LogP contribution in [0.4, 0.5) is 5.69 Å². The third-order valence-electron chi connectivity index (χ3n) is 5.11. The molecule has 0 unspecified atom stereocenters. The maximum absolute atomic E-state index is 12.5. The number of amides is 1. The number of carbonyl (C=O) groups is 1. The van der Waals surface area contributed by atoms with E-state index in [0.717, 1.165) is 48.0 Å². The zero-order valence-corrected chi connectivity index (χ0v) is 12.5. The van der Waals surface area contributed by atoms with E-state index in [4.69, 9.17) is 4.42 Å². The van der Waals surface area contributed by atoms with Gasteiger partial charge < -0.3 is 9.73 Å². The Morgan fingerprint density at radius 2 is 1.91 bits per heavy atom. The highest BCUT2D eigenvalue weighted by Gasteiger charge is 2.48. The number of nitrogens with one attached hydrogen (secondary N) is 1. The Kier molecular flexibility index (Phi) is 2.46. The maximum atomic E-state index is 12.5. The largest absolute Gasteiger partial charge is 0.436 e. The van der Waals surface area contributed by atoms with E-state index in [0.29, 0.717) is 11.5 Å². The van der Waals surface area contributed by atoms with Crippen molar-refractivity contribution in [2.75, 3.05) is 5.32 Å². The lowest BCUT2D eigenvalue weighted by molar-refractivity contribution is -0.120. The number of carbonyl (C=O) groups excluding carboxylic acids is 1. The Labute approximate surface area is 132 Å². The molecule has 0 atom stereocenters. The minimum Gasteiger partial charge on any atom is -0.436 e. The monoisotopic (exact) mass is 305 g/mol. The predicted octanol–water partition coefficient (Wildman–Crippen LogP) is 3.65. The van der Waals surface area contributed by atoms with Crippen molar-refractivity contribution >= 4 is 22.7 Å². The summed E-state index contributed by atoms with van der Waals surface area (Å²) in [4.78, 5) is 21.1. The van der Waals surface area contributed by atoms with Crippen LogP contribution in [0.25, 0.3) is 22.6 Å². The number of pyridine rings is 1. The summed E-state index contributed by atoms with van der Waals surface area (Å²) < 4.78 is 5.88. The van der Waals surface area contributed by atoms with Gasteiger partial charge in [-0.15, -0.1) is 0 Å². The summed E-state index contributed by atoms with van der Waals surface area (Å²) in [5.41, 5.74) is 4.02. The average molecular weight is 305 g/mol. The molecule has 3 aromatic rings. The molecule has 1 spiro atoms. The van der Waals surface area contributed by atoms with Crippen molar-refractivity contribution in [1.82, 2.24) is 9.97 Å². The zero-order chi connectivity index (χ0) is 15.4. The van der Waals surface area contributed by atoms with E-state index >= 15 is 0 Å². The van der Waals surface area contributed by atoms with Gasteiger partial charge in [-0.3, -0.25) is 9.78 Å². The summed E-state index contributed by atoms with van der Waals surface area (Å²) in [6.45, 7) is 0. The summed E-state index contributed by atoms with van der Waals surface area (Å²) >= 11 is 0. The summed E-state index contributed by atoms with van der Waals surface area (Å²) in [5.74, 6) is 0.713. The molecular formula is C18H15N3O2. The molecule has 1 N–H and O–H groups in total. The number of hydrogen-bond donors (Lipinski definition) is 1. The van der Waals surface area contributed by atoms with E-state index in [1.807, 2.05) is 24.3 Å². The molecule has 2 aliphatic rings. The van der Waals surface area contributed by atoms with Gasteiger partial charge in [0.15, 0.2) is 5.58 Å². The first-order valence-corrected chi connectivity index (χ1v) is 7.93. The minimum absolute atomic E-state index is 0.131. The minimum atomic E-state index is -0.348. The van der Waals surface area contributed by atoms with Crippen molar-refractivity contribution in [3.05, 3.63) is 42.2 Å². The van der Waals surface area contributed by atoms with Crippen LogP contribution in [0.2, 0.25) is 0 Å². The second kappa shape index (κ2) is 4.41. The van der Waals surface area contributed by atoms with Gasteiger partial charge in [-0.25, -0.2) is 4.98 Å². The lowest BCUT2D eigenvalue weighted by atomic mass is 9.80. The summed E-state index contributed by atoms with van der Waals surface area (Å²) in [5, 5.41) is 3.03. The zero-order valence-electron chi connectivity index (χ0n) is 12.5. The van der Waals surface area contributed by atoms with Crippen LogP contribution >= 0.6 is 0 Å². The van der Waals surface area contributed by atoms with Crippen LogP contribution in [0, 0.1) is 0 Å². The van der Waals surface area contributed by atoms with E-state index in [1.165, 1.54) is 0 Å². The Morgan fingerprint density at radius 3 is 2.70 bits per heavy atom. The fourth-order valence-electron chi connectivity index (χ4n) is 3.93. The molecule has 0 bridgehead atoms. The smallest absolute Gasteiger partial charge is 0.235 e. The highest BCUT2D eigenvalue weighted by Crippen LogP contribution is 2.49. The molecule has 0 saturated heterocycles. The molecule has 114 valence electrons. The maximum Gasteiger partial charge on any atom is 0.235 e. The van der Waals surface area contributed by atoms with Crippen LogP contribution in [0.5, 0.6) is 0 Å². The third-order valence-corrected chi connectivity index (χ3v) is 5.11. The topological polar surface area (TPSA) is 68.0 Å². The van der Waals surface area contributed by atoms with Crippen LogP contribution in [0.1, 0.15) is 31.2 Å². The number of anilines is 1. The molecule has 23 heavy (non-hydrogen) atoms. The van der Waals surface area contributed by atoms with Crippen LogP contribution in [0.15, 0.2) is 41.1 Å². The van der Waals surface area contributed by atoms with E-state index < -0.39 is 0 Å². The molecule has 2 aromatic heterocycles. The van der Waals surface area contributed by atoms with Gasteiger partial charge in [0.25, 0.3) is 0 Å². The molecule has 5 nitrogen and oxygen atoms in total. The molecule has 1 saturated carbocycles. The molecule has 3 heterocycles. The van der Waals surface area contributed by atoms with Gasteiger partial charge in [-0.05, 0) is 36.6 Å². The Bertz CT molecular complexity index is 924. The van der Waals surface area contributed by atoms with E-state index in [9.17, 15) is 4.79 Å². The number of hydrogen-bond acceptors (Lipinski definition) is 4. The predicted molar refractivity (Wildman–Crippen MR) is 86.0 cm³/mol. The fraction of sp³-hybridized carbons (Fsp3) is 0.278. The summed E-state index contributed by atoms with van der Waals surface area (Å²) in [6, 6.07) is 7.69. The van der Waals surface area contributed by atoms with Crippen molar-refractivity contribution in [2.45, 2.75) is 31.1 Å². The van der Waals surface area contributed by atoms with Gasteiger partial charge >= 0.3 is 0 Å². The summed E-state index contributed by atoms with van der Waals surface area (Å²) in [6.07, 6.45) is 7.49. The van der Waals surface area contributed by atoms with Gasteiger partial charge in [-0.1, -0.05) is 12.8 Å². The third kappa shape index (κ3) is 1.70. The number of aromatic nitrogens is 2. The van der Waals surface area contributed by atoms with Crippen LogP contribution in [-0.2, 0) is 10.2 Å². The first kappa shape index (κ1) is 12.8. The SMILES string of the molecule is O=C1Nc2cc3oc(-c4ccncc4)nc3cc2C12CCCC2. The molecule has 1 fully saturated rings. The van der Waals surface area contributed by atoms with Crippen molar-refractivity contribution in [1.29, 1.82) is 0 Å². The Hall–Kier alpha value is -2.69. The number of benzene rings is 1. The van der Waals surface area contributed by atoms with Crippen molar-refractivity contribution in [2.24, 2.45) is 0 Å². The highest BCUT2D eigenvalue weighted by molar-refractivity contribution is 6.08. The average Bonchev–Trinajstić information content (AvgIpc) is 3.27. The van der Waals surface area contributed by atoms with Crippen molar-refractivity contribution < 1.29 is 9.21 Å². The number of nitrogens with zero attached hydrogens (tertiary/aromatic N) is 2. The second-order valence-corrected chi connectivity index (χ2v) is 6.36. The van der Waals surface area contributed by atoms with E-state index in [1.54, 1.807) is 12.4 Å². The second-order valence-electron chi connectivity index (χ2n) is 6.36. The molecule has 1 aliphatic heterocycles. The van der Waals surface area contributed by atoms with Gasteiger partial charge in [-0.2, -0.15) is 0 Å². The van der Waals surface area contributed by atoms with Gasteiger partial charge in [0.2, 0.25) is 11.8 Å². The van der Waals surface area contributed by atoms with Crippen molar-refractivity contribution in [3.63, 3.8) is 0 Å². The molecular weight excluding hydrogens is 290 g/mol. The lowest BCUT2D eigenvalue weighted by Gasteiger charge is -2.20. The standard InChI is InChI=1S/C18H15N3O2/c22-17-18(5-1-2-6-18)12-9-14-15(10-13(12)21-17)23-16(20-14)11-3-7-19-8-4-11/h3-4,7-10H,1-2,5-6H2,(H,21,22). The van der Waals surface area contributed by atoms with Crippen LogP contribution < -0.4 is 5.32 Å². The highest BCUT2D eigenvalue weighted by atomic mass is 16.3. The van der Waals surface area contributed by atoms with E-state index in [-0.39, 0.29) is 11.3 Å². The lowest BCUT2D eigenvalue weighted by Crippen LogP contribution is -2.30. The number of rotatable bonds is 1. The fourth-order valence-corrected chi connectivity index (χ4v) is 3.93. The van der Waals surface area contributed by atoms with Crippen LogP contribution in [0.3, 0.4) is 0 Å². The van der Waals surface area contributed by atoms with Gasteiger partial charge in [0, 0.05) is 29.7 Å². The van der Waals surface area contributed by atoms with Crippen molar-refractivity contribution in [3.8, 4) is 11.5 Å². The molecule has 5 heteroatoms. The number of oxazole rings is 1. The van der Waals surface area contributed by atoms with Crippen LogP contribution in [-0.4, -0.2) is 15.9 Å². The molecule has 5 rings (SSSR count). The first-order chi connectivity index (χ1) is 11.3. The molecule has 1 amide bonds. The van der Waals surface area contributed by atoms with Gasteiger partial charge in [0.05, 0.1) is 5.41 Å². The quantitative estimate of drug-likeness (QED) is 0.745. The Balaban J connectivity index is 1.68. The first-order valence-electron chi connectivity index (χ1n) is 7.93. The molecule has 1 aromatic carbocycles. The van der Waals surface area contributed by atoms with Gasteiger partial charge in [0.1, 0.15) is 5.52 Å². The summed E-state index contributed by atoms with van der Waals surface area (Å²) in [7, 11) is 0. The molecule has 1 aliphatic carbocycles. The van der Waals surface area contributed by atoms with E-state index in [2.05, 4.69) is 15.3 Å². The Morgan fingerprint density at radius 1 is 1.13 bits per heavy atom. The number of fused-ring (bicyclic) bond motifs is 3. The normalized spacial score (nSPS) is 18.5.